The van der Waals surface area contributed by atoms with Crippen molar-refractivity contribution in [3.8, 4) is 0 Å². The van der Waals surface area contributed by atoms with E-state index in [-0.39, 0.29) is 25.5 Å². The van der Waals surface area contributed by atoms with Crippen molar-refractivity contribution >= 4 is 6.03 Å². The summed E-state index contributed by atoms with van der Waals surface area (Å²) in [5.74, 6) is 0. The first-order valence-electron chi connectivity index (χ1n) is 1.99. The molecule has 0 aromatic heterocycles. The van der Waals surface area contributed by atoms with E-state index in [1.807, 2.05) is 0 Å². The Bertz CT molecular complexity index is 74.4. The number of carbonyl (C=O) groups is 1. The third-order valence-electron chi connectivity index (χ3n) is 0.574. The zero-order valence-electron chi connectivity index (χ0n) is 5.14. The van der Waals surface area contributed by atoms with Gasteiger partial charge >= 0.3 is 0 Å². The molecule has 0 saturated heterocycles. The Hall–Kier alpha value is -0.107. The molecule has 0 rings (SSSR count). The summed E-state index contributed by atoms with van der Waals surface area (Å²) in [5, 5.41) is 3.38. The minimum atomic E-state index is -0.194. The van der Waals surface area contributed by atoms with E-state index in [1.54, 1.807) is 14.1 Å². The molecular formula is C4H9N2ORh-. The van der Waals surface area contributed by atoms with Crippen LogP contribution in [-0.4, -0.2) is 32.1 Å². The first-order valence-corrected chi connectivity index (χ1v) is 1.99. The minimum Gasteiger partial charge on any atom is -0.443 e. The molecule has 0 aliphatic heterocycles. The number of amides is 2. The van der Waals surface area contributed by atoms with E-state index in [2.05, 4.69) is 5.32 Å². The van der Waals surface area contributed by atoms with Crippen LogP contribution in [0.15, 0.2) is 0 Å². The molecule has 1 radical (unpaired) electrons. The molecule has 0 N–H and O–H groups in total. The van der Waals surface area contributed by atoms with Crippen LogP contribution in [0.1, 0.15) is 0 Å². The number of rotatable bonds is 0. The van der Waals surface area contributed by atoms with Gasteiger partial charge in [-0.15, -0.1) is 0 Å². The number of urea groups is 1. The maximum absolute atomic E-state index is 10.3. The third-order valence-corrected chi connectivity index (χ3v) is 0.574. The van der Waals surface area contributed by atoms with Crippen molar-refractivity contribution in [3.63, 3.8) is 0 Å². The van der Waals surface area contributed by atoms with E-state index in [4.69, 9.17) is 0 Å². The summed E-state index contributed by atoms with van der Waals surface area (Å²) in [5.41, 5.74) is 0. The second kappa shape index (κ2) is 5.04. The van der Waals surface area contributed by atoms with Crippen LogP contribution in [0.25, 0.3) is 5.32 Å². The van der Waals surface area contributed by atoms with Crippen LogP contribution in [-0.2, 0) is 19.5 Å². The van der Waals surface area contributed by atoms with Gasteiger partial charge in [-0.3, -0.25) is 4.79 Å². The van der Waals surface area contributed by atoms with Crippen molar-refractivity contribution in [2.75, 3.05) is 21.1 Å². The van der Waals surface area contributed by atoms with Crippen molar-refractivity contribution in [1.82, 2.24) is 4.90 Å². The maximum Gasteiger partial charge on any atom is 0.154 e. The molecule has 0 fully saturated rings. The maximum atomic E-state index is 10.3. The van der Waals surface area contributed by atoms with Gasteiger partial charge in [0, 0.05) is 19.5 Å². The van der Waals surface area contributed by atoms with Gasteiger partial charge in [0.05, 0.1) is 0 Å². The summed E-state index contributed by atoms with van der Waals surface area (Å²) in [6.07, 6.45) is 0. The molecule has 3 nitrogen and oxygen atoms in total. The molecule has 8 heavy (non-hydrogen) atoms. The Kier molecular flexibility index (Phi) is 6.80. The summed E-state index contributed by atoms with van der Waals surface area (Å²) >= 11 is 0. The first-order chi connectivity index (χ1) is 3.18. The molecule has 0 aliphatic carbocycles. The molecular weight excluding hydrogens is 195 g/mol. The predicted molar refractivity (Wildman–Crippen MR) is 28.4 cm³/mol. The van der Waals surface area contributed by atoms with E-state index in [0.717, 1.165) is 0 Å². The molecule has 0 aromatic carbocycles. The molecule has 0 saturated carbocycles. The molecule has 51 valence electrons. The van der Waals surface area contributed by atoms with E-state index >= 15 is 0 Å². The molecule has 0 spiro atoms. The normalized spacial score (nSPS) is 6.88. The molecule has 0 bridgehead atoms. The van der Waals surface area contributed by atoms with Gasteiger partial charge in [-0.25, -0.2) is 0 Å². The summed E-state index contributed by atoms with van der Waals surface area (Å²) in [4.78, 5) is 11.7. The molecule has 0 atom stereocenters. The largest absolute Gasteiger partial charge is 0.443 e. The fourth-order valence-corrected chi connectivity index (χ4v) is 0.200. The van der Waals surface area contributed by atoms with Crippen LogP contribution in [0.2, 0.25) is 0 Å². The molecule has 0 aromatic rings. The minimum absolute atomic E-state index is 0. The number of carbonyl (C=O) groups excluding carboxylic acids is 1. The van der Waals surface area contributed by atoms with Crippen LogP contribution in [0, 0.1) is 0 Å². The van der Waals surface area contributed by atoms with Gasteiger partial charge in [-0.1, -0.05) is 21.1 Å². The standard InChI is InChI=1S/C4H10N2O.Rh/c1-5-4(7)6(2)3;/h1-3H3,(H,5,7);/p-1. The Balaban J connectivity index is 0. The predicted octanol–water partition coefficient (Wildman–Crippen LogP) is 0.669. The second-order valence-corrected chi connectivity index (χ2v) is 1.40. The average Bonchev–Trinajstić information content (AvgIpc) is 1.65. The van der Waals surface area contributed by atoms with E-state index < -0.39 is 0 Å². The van der Waals surface area contributed by atoms with Crippen LogP contribution >= 0.6 is 0 Å². The van der Waals surface area contributed by atoms with Gasteiger partial charge < -0.3 is 10.2 Å². The monoisotopic (exact) mass is 204 g/mol. The number of nitrogens with zero attached hydrogens (tertiary/aromatic N) is 2. The quantitative estimate of drug-likeness (QED) is 0.534. The molecule has 2 amide bonds. The number of hydrogen-bond donors (Lipinski definition) is 0. The van der Waals surface area contributed by atoms with Gasteiger partial charge in [0.25, 0.3) is 0 Å². The Morgan fingerprint density at radius 3 is 1.88 bits per heavy atom. The van der Waals surface area contributed by atoms with E-state index in [9.17, 15) is 4.79 Å². The molecule has 0 unspecified atom stereocenters. The fourth-order valence-electron chi connectivity index (χ4n) is 0.200. The Morgan fingerprint density at radius 2 is 1.88 bits per heavy atom. The Labute approximate surface area is 62.2 Å². The van der Waals surface area contributed by atoms with Crippen molar-refractivity contribution in [2.45, 2.75) is 0 Å². The third kappa shape index (κ3) is 4.06. The topological polar surface area (TPSA) is 34.4 Å². The van der Waals surface area contributed by atoms with Gasteiger partial charge in [-0.2, -0.15) is 0 Å². The van der Waals surface area contributed by atoms with Crippen molar-refractivity contribution in [2.24, 2.45) is 0 Å². The van der Waals surface area contributed by atoms with Crippen LogP contribution in [0.3, 0.4) is 0 Å². The zero-order valence-corrected chi connectivity index (χ0v) is 6.77. The SMILES string of the molecule is C[N-]C(=O)N(C)C.[Rh]. The fraction of sp³-hybridized carbons (Fsp3) is 0.750. The average molecular weight is 204 g/mol. The van der Waals surface area contributed by atoms with Gasteiger partial charge in [0.1, 0.15) is 0 Å². The van der Waals surface area contributed by atoms with Crippen LogP contribution in [0.4, 0.5) is 4.79 Å². The van der Waals surface area contributed by atoms with Crippen LogP contribution in [0.5, 0.6) is 0 Å². The molecule has 0 heterocycles. The second-order valence-electron chi connectivity index (χ2n) is 1.40. The van der Waals surface area contributed by atoms with E-state index in [0.29, 0.717) is 0 Å². The number of hydrogen-bond acceptors (Lipinski definition) is 1. The summed E-state index contributed by atoms with van der Waals surface area (Å²) in [7, 11) is 4.80. The van der Waals surface area contributed by atoms with Gasteiger partial charge in [0.2, 0.25) is 0 Å². The van der Waals surface area contributed by atoms with Crippen molar-refractivity contribution in [1.29, 1.82) is 0 Å². The van der Waals surface area contributed by atoms with Crippen molar-refractivity contribution in [3.05, 3.63) is 5.32 Å². The summed E-state index contributed by atoms with van der Waals surface area (Å²) in [6, 6.07) is -0.194. The Morgan fingerprint density at radius 1 is 1.50 bits per heavy atom. The van der Waals surface area contributed by atoms with Crippen LogP contribution < -0.4 is 0 Å². The summed E-state index contributed by atoms with van der Waals surface area (Å²) in [6.45, 7) is 0. The first kappa shape index (κ1) is 10.8. The van der Waals surface area contributed by atoms with Gasteiger partial charge in [0.15, 0.2) is 6.03 Å². The van der Waals surface area contributed by atoms with Crippen molar-refractivity contribution < 1.29 is 24.3 Å². The molecule has 0 aliphatic rings. The zero-order chi connectivity index (χ0) is 5.86. The molecule has 4 heteroatoms. The van der Waals surface area contributed by atoms with E-state index in [1.165, 1.54) is 11.9 Å². The van der Waals surface area contributed by atoms with Gasteiger partial charge in [-0.05, 0) is 0 Å². The summed E-state index contributed by atoms with van der Waals surface area (Å²) < 4.78 is 0. The smallest absolute Gasteiger partial charge is 0.154 e.